The van der Waals surface area contributed by atoms with E-state index in [2.05, 4.69) is 10.2 Å². The van der Waals surface area contributed by atoms with Crippen molar-refractivity contribution in [2.45, 2.75) is 25.3 Å². The lowest BCUT2D eigenvalue weighted by Gasteiger charge is -2.23. The predicted molar refractivity (Wildman–Crippen MR) is 93.3 cm³/mol. The first kappa shape index (κ1) is 16.5. The molecule has 0 aliphatic carbocycles. The molecule has 6 nitrogen and oxygen atoms in total. The lowest BCUT2D eigenvalue weighted by Crippen LogP contribution is -2.32. The molecule has 0 bridgehead atoms. The minimum Gasteiger partial charge on any atom is -0.494 e. The number of aromatic nitrogens is 3. The van der Waals surface area contributed by atoms with Crippen LogP contribution in [0.4, 0.5) is 4.39 Å². The number of carbonyl (C=O) groups excluding carboxylic acids is 1. The number of ether oxygens (including phenoxy) is 1. The molecular weight excluding hydrogens is 335 g/mol. The van der Waals surface area contributed by atoms with Crippen LogP contribution < -0.4 is 4.74 Å². The predicted octanol–water partition coefficient (Wildman–Crippen LogP) is 2.78. The van der Waals surface area contributed by atoms with E-state index in [4.69, 9.17) is 4.74 Å². The molecule has 0 saturated carbocycles. The van der Waals surface area contributed by atoms with Crippen molar-refractivity contribution >= 4 is 11.6 Å². The van der Waals surface area contributed by atoms with Gasteiger partial charge in [0.15, 0.2) is 23.0 Å². The Bertz CT molecular complexity index is 956. The van der Waals surface area contributed by atoms with Crippen LogP contribution in [0.1, 0.15) is 30.3 Å². The Kier molecular flexibility index (Phi) is 4.28. The van der Waals surface area contributed by atoms with E-state index in [-0.39, 0.29) is 24.1 Å². The maximum absolute atomic E-state index is 13.9. The van der Waals surface area contributed by atoms with E-state index >= 15 is 0 Å². The van der Waals surface area contributed by atoms with Gasteiger partial charge >= 0.3 is 0 Å². The maximum atomic E-state index is 13.9. The summed E-state index contributed by atoms with van der Waals surface area (Å²) in [7, 11) is 1.42. The fourth-order valence-electron chi connectivity index (χ4n) is 3.52. The Morgan fingerprint density at radius 3 is 3.00 bits per heavy atom. The fourth-order valence-corrected chi connectivity index (χ4v) is 3.52. The highest BCUT2D eigenvalue weighted by Gasteiger charge is 2.33. The Hall–Kier alpha value is -2.96. The first-order valence-electron chi connectivity index (χ1n) is 8.59. The summed E-state index contributed by atoms with van der Waals surface area (Å²) in [5, 5.41) is 8.48. The van der Waals surface area contributed by atoms with Gasteiger partial charge in [0.2, 0.25) is 5.91 Å². The van der Waals surface area contributed by atoms with Crippen LogP contribution in [0.25, 0.3) is 5.65 Å². The second-order valence-corrected chi connectivity index (χ2v) is 6.38. The van der Waals surface area contributed by atoms with Crippen molar-refractivity contribution in [2.24, 2.45) is 0 Å². The molecule has 4 rings (SSSR count). The second kappa shape index (κ2) is 6.74. The molecule has 0 N–H and O–H groups in total. The van der Waals surface area contributed by atoms with Gasteiger partial charge in [0.25, 0.3) is 0 Å². The number of halogens is 1. The quantitative estimate of drug-likeness (QED) is 0.723. The monoisotopic (exact) mass is 354 g/mol. The van der Waals surface area contributed by atoms with E-state index in [1.807, 2.05) is 33.7 Å². The summed E-state index contributed by atoms with van der Waals surface area (Å²) in [6.07, 6.45) is 3.81. The van der Waals surface area contributed by atoms with Gasteiger partial charge in [-0.25, -0.2) is 4.39 Å². The number of benzene rings is 1. The second-order valence-electron chi connectivity index (χ2n) is 6.38. The van der Waals surface area contributed by atoms with Crippen LogP contribution in [0.3, 0.4) is 0 Å². The number of amides is 1. The van der Waals surface area contributed by atoms with Gasteiger partial charge in [-0.15, -0.1) is 10.2 Å². The molecule has 134 valence electrons. The summed E-state index contributed by atoms with van der Waals surface area (Å²) >= 11 is 0. The number of rotatable bonds is 4. The first-order valence-corrected chi connectivity index (χ1v) is 8.59. The molecule has 1 aliphatic rings. The molecule has 1 atom stereocenters. The summed E-state index contributed by atoms with van der Waals surface area (Å²) in [4.78, 5) is 14.7. The molecule has 1 amide bonds. The minimum absolute atomic E-state index is 0.0373. The molecule has 1 saturated heterocycles. The lowest BCUT2D eigenvalue weighted by molar-refractivity contribution is -0.131. The number of hydrogen-bond donors (Lipinski definition) is 0. The number of nitrogens with zero attached hydrogens (tertiary/aromatic N) is 4. The van der Waals surface area contributed by atoms with E-state index in [0.717, 1.165) is 24.3 Å². The Balaban J connectivity index is 1.56. The lowest BCUT2D eigenvalue weighted by atomic mass is 10.1. The SMILES string of the molecule is COc1ccc(CC(=O)N2CCC[C@H]2c2nnc3ccccn23)cc1F. The number of pyridine rings is 1. The Labute approximate surface area is 150 Å². The molecule has 0 spiro atoms. The van der Waals surface area contributed by atoms with Crippen molar-refractivity contribution in [1.29, 1.82) is 0 Å². The van der Waals surface area contributed by atoms with Crippen LogP contribution in [-0.2, 0) is 11.2 Å². The molecule has 7 heteroatoms. The number of likely N-dealkylation sites (tertiary alicyclic amines) is 1. The van der Waals surface area contributed by atoms with Crippen molar-refractivity contribution in [3.05, 3.63) is 59.8 Å². The molecular formula is C19H19FN4O2. The van der Waals surface area contributed by atoms with Crippen LogP contribution in [0.2, 0.25) is 0 Å². The van der Waals surface area contributed by atoms with Crippen LogP contribution in [0.5, 0.6) is 5.75 Å². The van der Waals surface area contributed by atoms with Gasteiger partial charge < -0.3 is 9.64 Å². The summed E-state index contributed by atoms with van der Waals surface area (Å²) in [5.74, 6) is 0.450. The van der Waals surface area contributed by atoms with Gasteiger partial charge in [-0.1, -0.05) is 12.1 Å². The molecule has 0 unspecified atom stereocenters. The molecule has 0 radical (unpaired) electrons. The average molecular weight is 354 g/mol. The molecule has 26 heavy (non-hydrogen) atoms. The van der Waals surface area contributed by atoms with Gasteiger partial charge in [0, 0.05) is 12.7 Å². The zero-order valence-electron chi connectivity index (χ0n) is 14.4. The van der Waals surface area contributed by atoms with Gasteiger partial charge in [-0.2, -0.15) is 0 Å². The van der Waals surface area contributed by atoms with Crippen LogP contribution >= 0.6 is 0 Å². The largest absolute Gasteiger partial charge is 0.494 e. The highest BCUT2D eigenvalue weighted by molar-refractivity contribution is 5.79. The summed E-state index contributed by atoms with van der Waals surface area (Å²) in [6.45, 7) is 0.671. The van der Waals surface area contributed by atoms with E-state index < -0.39 is 5.82 Å². The van der Waals surface area contributed by atoms with E-state index in [1.54, 1.807) is 12.1 Å². The average Bonchev–Trinajstić information content (AvgIpc) is 3.28. The molecule has 3 aromatic rings. The van der Waals surface area contributed by atoms with E-state index in [1.165, 1.54) is 13.2 Å². The molecule has 3 heterocycles. The van der Waals surface area contributed by atoms with Crippen molar-refractivity contribution < 1.29 is 13.9 Å². The molecule has 1 fully saturated rings. The summed E-state index contributed by atoms with van der Waals surface area (Å²) in [6, 6.07) is 10.2. The van der Waals surface area contributed by atoms with Gasteiger partial charge in [0.05, 0.1) is 19.6 Å². The minimum atomic E-state index is -0.459. The van der Waals surface area contributed by atoms with Crippen LogP contribution in [0, 0.1) is 5.82 Å². The van der Waals surface area contributed by atoms with Crippen LogP contribution in [-0.4, -0.2) is 39.1 Å². The number of methoxy groups -OCH3 is 1. The van der Waals surface area contributed by atoms with Crippen molar-refractivity contribution in [1.82, 2.24) is 19.5 Å². The molecule has 1 aliphatic heterocycles. The third kappa shape index (κ3) is 2.89. The topological polar surface area (TPSA) is 59.7 Å². The fraction of sp³-hybridized carbons (Fsp3) is 0.316. The normalized spacial score (nSPS) is 17.0. The smallest absolute Gasteiger partial charge is 0.227 e. The van der Waals surface area contributed by atoms with Crippen molar-refractivity contribution in [2.75, 3.05) is 13.7 Å². The third-order valence-electron chi connectivity index (χ3n) is 4.78. The number of hydrogen-bond acceptors (Lipinski definition) is 4. The molecule has 2 aromatic heterocycles. The first-order chi connectivity index (χ1) is 12.7. The van der Waals surface area contributed by atoms with Crippen LogP contribution in [0.15, 0.2) is 42.6 Å². The summed E-state index contributed by atoms with van der Waals surface area (Å²) < 4.78 is 20.7. The molecule has 1 aromatic carbocycles. The van der Waals surface area contributed by atoms with E-state index in [0.29, 0.717) is 12.1 Å². The maximum Gasteiger partial charge on any atom is 0.227 e. The van der Waals surface area contributed by atoms with Gasteiger partial charge in [-0.3, -0.25) is 9.20 Å². The zero-order chi connectivity index (χ0) is 18.1. The zero-order valence-corrected chi connectivity index (χ0v) is 14.4. The van der Waals surface area contributed by atoms with Crippen molar-refractivity contribution in [3.8, 4) is 5.75 Å². The number of carbonyl (C=O) groups is 1. The van der Waals surface area contributed by atoms with Gasteiger partial charge in [-0.05, 0) is 42.7 Å². The number of fused-ring (bicyclic) bond motifs is 1. The van der Waals surface area contributed by atoms with Gasteiger partial charge in [0.1, 0.15) is 0 Å². The Morgan fingerprint density at radius 1 is 1.31 bits per heavy atom. The highest BCUT2D eigenvalue weighted by atomic mass is 19.1. The third-order valence-corrected chi connectivity index (χ3v) is 4.78. The Morgan fingerprint density at radius 2 is 2.19 bits per heavy atom. The highest BCUT2D eigenvalue weighted by Crippen LogP contribution is 2.31. The van der Waals surface area contributed by atoms with Crippen molar-refractivity contribution in [3.63, 3.8) is 0 Å². The standard InChI is InChI=1S/C19H19FN4O2/c1-26-16-8-7-13(11-14(16)20)12-18(25)23-10-4-5-15(23)19-22-21-17-6-2-3-9-24(17)19/h2-3,6-9,11,15H,4-5,10,12H2,1H3/t15-/m0/s1. The summed E-state index contributed by atoms with van der Waals surface area (Å²) in [5.41, 5.74) is 1.39. The van der Waals surface area contributed by atoms with E-state index in [9.17, 15) is 9.18 Å².